The van der Waals surface area contributed by atoms with E-state index in [0.29, 0.717) is 0 Å². The summed E-state index contributed by atoms with van der Waals surface area (Å²) in [5.74, 6) is -0.518. The molecular weight excluding hydrogens is 935 g/mol. The molecule has 0 bridgehead atoms. The normalized spacial score (nSPS) is 11.7. The zero-order chi connectivity index (χ0) is 51.0. The Hall–Kier alpha value is -9.78. The van der Waals surface area contributed by atoms with Crippen LogP contribution in [0.3, 0.4) is 0 Å². The molecule has 0 radical (unpaired) electrons. The van der Waals surface area contributed by atoms with E-state index >= 15 is 0 Å². The minimum absolute atomic E-state index is 0.258. The zero-order valence-electron chi connectivity index (χ0n) is 41.8. The fourth-order valence-corrected chi connectivity index (χ4v) is 11.6. The first-order valence-electron chi connectivity index (χ1n) is 25.7. The maximum atomic E-state index is 14.3. The predicted octanol–water partition coefficient (Wildman–Crippen LogP) is 19.7. The smallest absolute Gasteiger partial charge is 0.123 e. The number of aromatic nitrogens is 2. The van der Waals surface area contributed by atoms with Crippen LogP contribution in [0.5, 0.6) is 0 Å². The van der Waals surface area contributed by atoms with E-state index < -0.39 is 0 Å². The van der Waals surface area contributed by atoms with Gasteiger partial charge in [-0.25, -0.2) is 8.78 Å². The van der Waals surface area contributed by atoms with Crippen LogP contribution in [0, 0.1) is 25.5 Å². The summed E-state index contributed by atoms with van der Waals surface area (Å²) >= 11 is 0. The van der Waals surface area contributed by atoms with Gasteiger partial charge in [-0.3, -0.25) is 0 Å². The third kappa shape index (κ3) is 7.40. The molecule has 14 rings (SSSR count). The fraction of sp³-hybridized carbons (Fsp3) is 0.0286. The van der Waals surface area contributed by atoms with E-state index in [2.05, 4.69) is 239 Å². The van der Waals surface area contributed by atoms with Gasteiger partial charge in [0.15, 0.2) is 0 Å². The van der Waals surface area contributed by atoms with Crippen molar-refractivity contribution in [2.75, 3.05) is 9.80 Å². The van der Waals surface area contributed by atoms with Crippen LogP contribution in [0.25, 0.3) is 87.7 Å². The van der Waals surface area contributed by atoms with Crippen molar-refractivity contribution in [3.8, 4) is 22.5 Å². The van der Waals surface area contributed by atoms with Crippen molar-refractivity contribution in [3.63, 3.8) is 0 Å². The van der Waals surface area contributed by atoms with Crippen molar-refractivity contribution in [2.24, 2.45) is 0 Å². The maximum absolute atomic E-state index is 14.3. The molecule has 0 aliphatic heterocycles. The van der Waals surface area contributed by atoms with Crippen molar-refractivity contribution in [1.29, 1.82) is 0 Å². The van der Waals surface area contributed by atoms with Crippen LogP contribution in [0.2, 0.25) is 0 Å². The second kappa shape index (κ2) is 18.0. The summed E-state index contributed by atoms with van der Waals surface area (Å²) in [7, 11) is 0. The molecule has 76 heavy (non-hydrogen) atoms. The third-order valence-corrected chi connectivity index (χ3v) is 15.1. The van der Waals surface area contributed by atoms with Crippen LogP contribution in [0.15, 0.2) is 255 Å². The molecule has 12 aromatic carbocycles. The monoisotopic (exact) mass is 982 g/mol. The Labute approximate surface area is 438 Å². The number of aryl methyl sites for hydroxylation is 2. The highest BCUT2D eigenvalue weighted by molar-refractivity contribution is 6.23. The molecule has 0 saturated heterocycles. The van der Waals surface area contributed by atoms with E-state index in [-0.39, 0.29) is 11.6 Å². The van der Waals surface area contributed by atoms with Crippen molar-refractivity contribution in [3.05, 3.63) is 278 Å². The Morgan fingerprint density at radius 2 is 0.632 bits per heavy atom. The predicted molar refractivity (Wildman–Crippen MR) is 314 cm³/mol. The van der Waals surface area contributed by atoms with Crippen molar-refractivity contribution in [1.82, 2.24) is 9.13 Å². The molecule has 0 N–H and O–H groups in total. The molecule has 362 valence electrons. The number of halogens is 2. The maximum Gasteiger partial charge on any atom is 0.123 e. The topological polar surface area (TPSA) is 16.3 Å². The van der Waals surface area contributed by atoms with Crippen molar-refractivity contribution in [2.45, 2.75) is 13.8 Å². The van der Waals surface area contributed by atoms with E-state index in [1.807, 2.05) is 24.3 Å². The lowest BCUT2D eigenvalue weighted by Crippen LogP contribution is -2.12. The van der Waals surface area contributed by atoms with Crippen LogP contribution in [-0.2, 0) is 0 Å². The highest BCUT2D eigenvalue weighted by Gasteiger charge is 2.25. The molecule has 2 aromatic heterocycles. The van der Waals surface area contributed by atoms with Crippen LogP contribution < -0.4 is 9.80 Å². The van der Waals surface area contributed by atoms with E-state index in [1.165, 1.54) is 41.0 Å². The zero-order valence-corrected chi connectivity index (χ0v) is 41.8. The first-order chi connectivity index (χ1) is 37.3. The minimum Gasteiger partial charge on any atom is -0.310 e. The summed E-state index contributed by atoms with van der Waals surface area (Å²) in [5.41, 5.74) is 17.0. The van der Waals surface area contributed by atoms with Gasteiger partial charge in [0.1, 0.15) is 11.6 Å². The molecule has 0 saturated carbocycles. The Balaban J connectivity index is 0.932. The lowest BCUT2D eigenvalue weighted by molar-refractivity contribution is 0.627. The number of hydrogen-bond acceptors (Lipinski definition) is 2. The summed E-state index contributed by atoms with van der Waals surface area (Å²) in [6.07, 6.45) is 0. The second-order valence-corrected chi connectivity index (χ2v) is 19.8. The Morgan fingerprint density at radius 3 is 1.08 bits per heavy atom. The third-order valence-electron chi connectivity index (χ3n) is 15.1. The summed E-state index contributed by atoms with van der Waals surface area (Å²) in [5, 5.41) is 9.02. The molecule has 0 unspecified atom stereocenters. The van der Waals surface area contributed by atoms with Crippen molar-refractivity contribution < 1.29 is 8.78 Å². The van der Waals surface area contributed by atoms with Crippen LogP contribution >= 0.6 is 0 Å². The Kier molecular flexibility index (Phi) is 10.6. The molecule has 0 amide bonds. The minimum atomic E-state index is -0.260. The molecule has 2 heterocycles. The highest BCUT2D eigenvalue weighted by atomic mass is 19.1. The quantitative estimate of drug-likeness (QED) is 0.134. The number of para-hydroxylation sites is 2. The Bertz CT molecular complexity index is 4480. The van der Waals surface area contributed by atoms with Crippen molar-refractivity contribution >= 4 is 99.3 Å². The molecule has 0 spiro atoms. The molecule has 6 heteroatoms. The standard InChI is InChI=1S/C70H48F2N4/c1-45-19-29-50(30-20-45)73(55-39-41-67-63(43-55)57-11-7-9-17-65(57)75(67)53-35-25-48(71)26-36-53)51-33-23-47(24-34-51)69-59-13-3-5-15-61(59)70(62-16-6-4-14-60(62)69)74(52-31-21-46(2)22-32-52)56-40-42-68-64(44-56)58-12-8-10-18-66(58)76(68)54-37-27-49(72)28-38-54/h3-44H,1-2H3. The lowest BCUT2D eigenvalue weighted by atomic mass is 9.89. The molecule has 0 fully saturated rings. The van der Waals surface area contributed by atoms with Gasteiger partial charge in [-0.05, 0) is 169 Å². The van der Waals surface area contributed by atoms with Gasteiger partial charge in [-0.1, -0.05) is 132 Å². The van der Waals surface area contributed by atoms with Crippen LogP contribution in [-0.4, -0.2) is 9.13 Å². The summed E-state index contributed by atoms with van der Waals surface area (Å²) in [6.45, 7) is 4.25. The molecular formula is C70H48F2N4. The van der Waals surface area contributed by atoms with Gasteiger partial charge in [-0.2, -0.15) is 0 Å². The first-order valence-corrected chi connectivity index (χ1v) is 25.7. The molecule has 4 nitrogen and oxygen atoms in total. The molecule has 0 atom stereocenters. The number of hydrogen-bond donors (Lipinski definition) is 0. The highest BCUT2D eigenvalue weighted by Crippen LogP contribution is 2.50. The molecule has 14 aromatic rings. The first kappa shape index (κ1) is 44.9. The second-order valence-electron chi connectivity index (χ2n) is 19.8. The number of nitrogens with zero attached hydrogens (tertiary/aromatic N) is 4. The SMILES string of the molecule is Cc1ccc(N(c2ccc(-c3c4ccccc4c(N(c4ccc(C)cc4)c4ccc5c(c4)c4ccccc4n5-c4ccc(F)cc4)c4ccccc34)cc2)c2ccc3c(c2)c2ccccc2n3-c2ccc(F)cc2)cc1. The van der Waals surface area contributed by atoms with E-state index in [0.717, 1.165) is 116 Å². The number of rotatable bonds is 9. The summed E-state index contributed by atoms with van der Waals surface area (Å²) < 4.78 is 32.9. The number of anilines is 6. The Morgan fingerprint density at radius 1 is 0.289 bits per heavy atom. The van der Waals surface area contributed by atoms with Gasteiger partial charge in [0.25, 0.3) is 0 Å². The average Bonchev–Trinajstić information content (AvgIpc) is 4.09. The molecule has 0 aliphatic carbocycles. The van der Waals surface area contributed by atoms with Crippen LogP contribution in [0.4, 0.5) is 42.9 Å². The fourth-order valence-electron chi connectivity index (χ4n) is 11.6. The largest absolute Gasteiger partial charge is 0.310 e. The van der Waals surface area contributed by atoms with E-state index in [9.17, 15) is 8.78 Å². The van der Waals surface area contributed by atoms with Crippen LogP contribution in [0.1, 0.15) is 11.1 Å². The van der Waals surface area contributed by atoms with Gasteiger partial charge in [0, 0.05) is 72.1 Å². The van der Waals surface area contributed by atoms with Gasteiger partial charge >= 0.3 is 0 Å². The lowest BCUT2D eigenvalue weighted by Gasteiger charge is -2.30. The van der Waals surface area contributed by atoms with E-state index in [4.69, 9.17) is 0 Å². The summed E-state index contributed by atoms with van der Waals surface area (Å²) in [6, 6.07) is 88.0. The van der Waals surface area contributed by atoms with Gasteiger partial charge < -0.3 is 18.9 Å². The van der Waals surface area contributed by atoms with E-state index in [1.54, 1.807) is 0 Å². The average molecular weight is 983 g/mol. The number of fused-ring (bicyclic) bond motifs is 8. The number of benzene rings is 12. The molecule has 0 aliphatic rings. The van der Waals surface area contributed by atoms with Gasteiger partial charge in [0.05, 0.1) is 27.8 Å². The van der Waals surface area contributed by atoms with Gasteiger partial charge in [-0.15, -0.1) is 0 Å². The van der Waals surface area contributed by atoms with Gasteiger partial charge in [0.2, 0.25) is 0 Å². The summed E-state index contributed by atoms with van der Waals surface area (Å²) in [4.78, 5) is 4.76.